The molecule has 0 atom stereocenters. The molecule has 35 heavy (non-hydrogen) atoms. The molecule has 3 aromatic carbocycles. The molecule has 180 valence electrons. The highest BCUT2D eigenvalue weighted by Crippen LogP contribution is 2.20. The zero-order valence-corrected chi connectivity index (χ0v) is 20.6. The third kappa shape index (κ3) is 6.16. The first-order valence-corrected chi connectivity index (χ1v) is 11.8. The summed E-state index contributed by atoms with van der Waals surface area (Å²) in [5, 5.41) is 5.95. The minimum Gasteiger partial charge on any atom is -0.497 e. The molecule has 2 N–H and O–H groups in total. The van der Waals surface area contributed by atoms with Gasteiger partial charge in [-0.1, -0.05) is 17.7 Å². The third-order valence-electron chi connectivity index (χ3n) is 5.93. The second-order valence-electron chi connectivity index (χ2n) is 8.33. The minimum atomic E-state index is -0.292. The van der Waals surface area contributed by atoms with Gasteiger partial charge in [0.1, 0.15) is 5.75 Å². The number of thiocarbonyl (C=S) groups is 1. The summed E-state index contributed by atoms with van der Waals surface area (Å²) in [6.45, 7) is 4.89. The van der Waals surface area contributed by atoms with E-state index in [1.54, 1.807) is 31.4 Å². The SMILES string of the molecule is COc1ccc(C(=O)NC(=S)Nc2ccc(N3CCN(C(=O)c4ccc(C)cc4)CC3)cc2)cc1. The maximum Gasteiger partial charge on any atom is 0.257 e. The van der Waals surface area contributed by atoms with Crippen LogP contribution < -0.4 is 20.3 Å². The highest BCUT2D eigenvalue weighted by Gasteiger charge is 2.22. The van der Waals surface area contributed by atoms with Gasteiger partial charge in [-0.2, -0.15) is 0 Å². The van der Waals surface area contributed by atoms with Crippen LogP contribution in [-0.2, 0) is 0 Å². The molecule has 3 aromatic rings. The molecular formula is C27H28N4O3S. The zero-order valence-electron chi connectivity index (χ0n) is 19.8. The highest BCUT2D eigenvalue weighted by atomic mass is 32.1. The average Bonchev–Trinajstić information content (AvgIpc) is 2.89. The number of ether oxygens (including phenoxy) is 1. The van der Waals surface area contributed by atoms with Crippen molar-refractivity contribution < 1.29 is 14.3 Å². The lowest BCUT2D eigenvalue weighted by Gasteiger charge is -2.36. The number of nitrogens with zero attached hydrogens (tertiary/aromatic N) is 2. The van der Waals surface area contributed by atoms with Gasteiger partial charge in [-0.05, 0) is 79.8 Å². The number of anilines is 2. The first kappa shape index (κ1) is 24.2. The van der Waals surface area contributed by atoms with E-state index < -0.39 is 0 Å². The summed E-state index contributed by atoms with van der Waals surface area (Å²) < 4.78 is 5.11. The molecule has 0 saturated carbocycles. The zero-order chi connectivity index (χ0) is 24.8. The summed E-state index contributed by atoms with van der Waals surface area (Å²) >= 11 is 5.29. The average molecular weight is 489 g/mol. The summed E-state index contributed by atoms with van der Waals surface area (Å²) in [5.41, 5.74) is 4.22. The lowest BCUT2D eigenvalue weighted by atomic mass is 10.1. The van der Waals surface area contributed by atoms with E-state index in [2.05, 4.69) is 15.5 Å². The van der Waals surface area contributed by atoms with Crippen LogP contribution in [0.1, 0.15) is 26.3 Å². The van der Waals surface area contributed by atoms with Gasteiger partial charge in [0.15, 0.2) is 5.11 Å². The number of hydrogen-bond donors (Lipinski definition) is 2. The molecule has 0 unspecified atom stereocenters. The van der Waals surface area contributed by atoms with E-state index in [-0.39, 0.29) is 16.9 Å². The molecule has 1 aliphatic heterocycles. The van der Waals surface area contributed by atoms with Crippen molar-refractivity contribution in [2.24, 2.45) is 0 Å². The van der Waals surface area contributed by atoms with Gasteiger partial charge in [0.2, 0.25) is 0 Å². The van der Waals surface area contributed by atoms with Crippen molar-refractivity contribution in [3.8, 4) is 5.75 Å². The molecule has 4 rings (SSSR count). The lowest BCUT2D eigenvalue weighted by molar-refractivity contribution is 0.0746. The van der Waals surface area contributed by atoms with Gasteiger partial charge in [0.05, 0.1) is 7.11 Å². The predicted molar refractivity (Wildman–Crippen MR) is 142 cm³/mol. The van der Waals surface area contributed by atoms with Crippen LogP contribution in [0.5, 0.6) is 5.75 Å². The molecule has 0 spiro atoms. The molecule has 1 saturated heterocycles. The van der Waals surface area contributed by atoms with Crippen molar-refractivity contribution in [1.82, 2.24) is 10.2 Å². The van der Waals surface area contributed by atoms with Crippen LogP contribution in [0.2, 0.25) is 0 Å². The highest BCUT2D eigenvalue weighted by molar-refractivity contribution is 7.80. The van der Waals surface area contributed by atoms with E-state index in [0.29, 0.717) is 24.4 Å². The molecule has 1 aliphatic rings. The van der Waals surface area contributed by atoms with Crippen molar-refractivity contribution >= 4 is 40.5 Å². The fourth-order valence-electron chi connectivity index (χ4n) is 3.88. The number of rotatable bonds is 5. The maximum atomic E-state index is 12.7. The standard InChI is InChI=1S/C27H28N4O3S/c1-19-3-5-21(6-4-19)26(33)31-17-15-30(16-18-31)23-11-9-22(10-12-23)28-27(35)29-25(32)20-7-13-24(34-2)14-8-20/h3-14H,15-18H2,1-2H3,(H2,28,29,32,35). The summed E-state index contributed by atoms with van der Waals surface area (Å²) in [6.07, 6.45) is 0. The fourth-order valence-corrected chi connectivity index (χ4v) is 4.09. The van der Waals surface area contributed by atoms with Gasteiger partial charge in [-0.25, -0.2) is 0 Å². The summed E-state index contributed by atoms with van der Waals surface area (Å²) in [7, 11) is 1.58. The van der Waals surface area contributed by atoms with Crippen LogP contribution in [0, 0.1) is 6.92 Å². The quantitative estimate of drug-likeness (QED) is 0.527. The number of aryl methyl sites for hydroxylation is 1. The number of nitrogens with one attached hydrogen (secondary N) is 2. The number of amides is 2. The monoisotopic (exact) mass is 488 g/mol. The van der Waals surface area contributed by atoms with Crippen LogP contribution in [0.15, 0.2) is 72.8 Å². The van der Waals surface area contributed by atoms with E-state index >= 15 is 0 Å². The van der Waals surface area contributed by atoms with Crippen LogP contribution in [0.25, 0.3) is 0 Å². The first-order chi connectivity index (χ1) is 16.9. The Bertz CT molecular complexity index is 1190. The summed E-state index contributed by atoms with van der Waals surface area (Å²) in [4.78, 5) is 29.3. The smallest absolute Gasteiger partial charge is 0.257 e. The van der Waals surface area contributed by atoms with Crippen LogP contribution in [-0.4, -0.2) is 55.1 Å². The molecule has 0 aliphatic carbocycles. The third-order valence-corrected chi connectivity index (χ3v) is 6.14. The molecule has 1 fully saturated rings. The van der Waals surface area contributed by atoms with Crippen LogP contribution in [0.3, 0.4) is 0 Å². The molecule has 0 radical (unpaired) electrons. The van der Waals surface area contributed by atoms with Crippen molar-refractivity contribution in [3.63, 3.8) is 0 Å². The Morgan fingerprint density at radius 1 is 0.829 bits per heavy atom. The van der Waals surface area contributed by atoms with Gasteiger partial charge >= 0.3 is 0 Å². The number of carbonyl (C=O) groups excluding carboxylic acids is 2. The second-order valence-corrected chi connectivity index (χ2v) is 8.74. The number of carbonyl (C=O) groups is 2. The Hall–Kier alpha value is -3.91. The summed E-state index contributed by atoms with van der Waals surface area (Å²) in [6, 6.07) is 22.4. The number of benzene rings is 3. The van der Waals surface area contributed by atoms with Crippen molar-refractivity contribution in [2.45, 2.75) is 6.92 Å². The largest absolute Gasteiger partial charge is 0.497 e. The molecule has 8 heteroatoms. The van der Waals surface area contributed by atoms with E-state index in [4.69, 9.17) is 17.0 Å². The van der Waals surface area contributed by atoms with Gasteiger partial charge in [-0.3, -0.25) is 14.9 Å². The molecular weight excluding hydrogens is 460 g/mol. The Morgan fingerprint density at radius 2 is 1.43 bits per heavy atom. The maximum absolute atomic E-state index is 12.7. The Kier molecular flexibility index (Phi) is 7.62. The van der Waals surface area contributed by atoms with Gasteiger partial charge in [-0.15, -0.1) is 0 Å². The van der Waals surface area contributed by atoms with Crippen LogP contribution in [0.4, 0.5) is 11.4 Å². The lowest BCUT2D eigenvalue weighted by Crippen LogP contribution is -2.48. The summed E-state index contributed by atoms with van der Waals surface area (Å²) in [5.74, 6) is 0.468. The van der Waals surface area contributed by atoms with E-state index in [1.807, 2.05) is 60.4 Å². The van der Waals surface area contributed by atoms with Gasteiger partial charge in [0, 0.05) is 48.7 Å². The first-order valence-electron chi connectivity index (χ1n) is 11.4. The van der Waals surface area contributed by atoms with Crippen molar-refractivity contribution in [2.75, 3.05) is 43.5 Å². The van der Waals surface area contributed by atoms with E-state index in [9.17, 15) is 9.59 Å². The minimum absolute atomic E-state index is 0.0781. The molecule has 2 amide bonds. The number of piperazine rings is 1. The normalized spacial score (nSPS) is 13.2. The van der Waals surface area contributed by atoms with Crippen LogP contribution >= 0.6 is 12.2 Å². The van der Waals surface area contributed by atoms with Crippen molar-refractivity contribution in [3.05, 3.63) is 89.5 Å². The molecule has 0 aromatic heterocycles. The Labute approximate surface area is 210 Å². The predicted octanol–water partition coefficient (Wildman–Crippen LogP) is 4.09. The number of methoxy groups -OCH3 is 1. The van der Waals surface area contributed by atoms with Crippen molar-refractivity contribution in [1.29, 1.82) is 0 Å². The Balaban J connectivity index is 1.27. The molecule has 7 nitrogen and oxygen atoms in total. The van der Waals surface area contributed by atoms with E-state index in [0.717, 1.165) is 35.6 Å². The van der Waals surface area contributed by atoms with Gasteiger partial charge < -0.3 is 19.9 Å². The Morgan fingerprint density at radius 3 is 2.03 bits per heavy atom. The topological polar surface area (TPSA) is 73.9 Å². The molecule has 0 bridgehead atoms. The second kappa shape index (κ2) is 11.0. The van der Waals surface area contributed by atoms with Gasteiger partial charge in [0.25, 0.3) is 11.8 Å². The fraction of sp³-hybridized carbons (Fsp3) is 0.222. The van der Waals surface area contributed by atoms with E-state index in [1.165, 1.54) is 0 Å². The number of hydrogen-bond acceptors (Lipinski definition) is 5. The molecule has 1 heterocycles.